The Labute approximate surface area is 99.3 Å². The van der Waals surface area contributed by atoms with Crippen molar-refractivity contribution < 1.29 is 14.3 Å². The number of amides is 3. The molecular weight excluding hydrogens is 234 g/mol. The van der Waals surface area contributed by atoms with Crippen LogP contribution in [-0.2, 0) is 9.53 Å². The number of hydrogen-bond donors (Lipinski definition) is 2. The fourth-order valence-electron chi connectivity index (χ4n) is 1.40. The number of alkyl halides is 1. The minimum absolute atomic E-state index is 0.0318. The lowest BCUT2D eigenvalue weighted by Gasteiger charge is -2.29. The van der Waals surface area contributed by atoms with Crippen LogP contribution in [0.3, 0.4) is 0 Å². The van der Waals surface area contributed by atoms with Crippen molar-refractivity contribution in [2.45, 2.75) is 6.10 Å². The summed E-state index contributed by atoms with van der Waals surface area (Å²) in [5.41, 5.74) is 0. The molecule has 0 aliphatic carbocycles. The summed E-state index contributed by atoms with van der Waals surface area (Å²) in [4.78, 5) is 24.1. The van der Waals surface area contributed by atoms with Crippen LogP contribution in [0.2, 0.25) is 0 Å². The molecule has 1 atom stereocenters. The van der Waals surface area contributed by atoms with Gasteiger partial charge in [0.25, 0.3) is 0 Å². The molecule has 1 saturated heterocycles. The third-order valence-electron chi connectivity index (χ3n) is 2.21. The van der Waals surface area contributed by atoms with E-state index in [1.807, 2.05) is 7.05 Å². The molecule has 1 aliphatic heterocycles. The van der Waals surface area contributed by atoms with Crippen LogP contribution < -0.4 is 10.6 Å². The van der Waals surface area contributed by atoms with Crippen LogP contribution >= 0.6 is 11.6 Å². The van der Waals surface area contributed by atoms with Gasteiger partial charge in [-0.15, -0.1) is 11.6 Å². The second kappa shape index (κ2) is 6.67. The fourth-order valence-corrected chi connectivity index (χ4v) is 1.47. The van der Waals surface area contributed by atoms with Crippen LogP contribution in [0.5, 0.6) is 0 Å². The molecule has 3 amide bonds. The van der Waals surface area contributed by atoms with E-state index in [0.29, 0.717) is 13.2 Å². The number of halogens is 1. The molecule has 0 saturated carbocycles. The van der Waals surface area contributed by atoms with Gasteiger partial charge in [-0.25, -0.2) is 4.79 Å². The Balaban J connectivity index is 2.18. The normalized spacial score (nSPS) is 21.5. The zero-order chi connectivity index (χ0) is 12.0. The molecule has 0 spiro atoms. The molecule has 1 heterocycles. The monoisotopic (exact) mass is 249 g/mol. The van der Waals surface area contributed by atoms with Gasteiger partial charge in [-0.3, -0.25) is 10.1 Å². The van der Waals surface area contributed by atoms with E-state index in [-0.39, 0.29) is 12.0 Å². The van der Waals surface area contributed by atoms with E-state index in [1.165, 1.54) is 0 Å². The molecule has 0 radical (unpaired) electrons. The van der Waals surface area contributed by atoms with E-state index in [4.69, 9.17) is 16.3 Å². The van der Waals surface area contributed by atoms with Gasteiger partial charge in [0, 0.05) is 19.6 Å². The molecule has 1 unspecified atom stereocenters. The van der Waals surface area contributed by atoms with Gasteiger partial charge >= 0.3 is 6.03 Å². The molecule has 7 heteroatoms. The lowest BCUT2D eigenvalue weighted by Crippen LogP contribution is -2.48. The fraction of sp³-hybridized carbons (Fsp3) is 0.778. The summed E-state index contributed by atoms with van der Waals surface area (Å²) in [5, 5.41) is 4.65. The summed E-state index contributed by atoms with van der Waals surface area (Å²) < 4.78 is 5.43. The zero-order valence-electron chi connectivity index (χ0n) is 9.16. The standard InChI is InChI=1S/C9H16ClN3O3/c1-13-2-3-16-7(6-13)5-11-9(15)12-8(14)4-10/h7H,2-6H2,1H3,(H2,11,12,14,15). The van der Waals surface area contributed by atoms with Crippen LogP contribution in [0, 0.1) is 0 Å². The van der Waals surface area contributed by atoms with Crippen LogP contribution in [0.15, 0.2) is 0 Å². The van der Waals surface area contributed by atoms with Crippen LogP contribution in [0.1, 0.15) is 0 Å². The minimum atomic E-state index is -0.539. The first-order chi connectivity index (χ1) is 7.61. The second-order valence-corrected chi connectivity index (χ2v) is 3.91. The number of carbonyl (C=O) groups excluding carboxylic acids is 2. The second-order valence-electron chi connectivity index (χ2n) is 3.65. The summed E-state index contributed by atoms with van der Waals surface area (Å²) in [6.45, 7) is 2.70. The van der Waals surface area contributed by atoms with Gasteiger partial charge in [0.05, 0.1) is 12.7 Å². The molecular formula is C9H16ClN3O3. The van der Waals surface area contributed by atoms with E-state index in [0.717, 1.165) is 13.1 Å². The number of likely N-dealkylation sites (N-methyl/N-ethyl adjacent to an activating group) is 1. The Morgan fingerprint density at radius 2 is 2.31 bits per heavy atom. The van der Waals surface area contributed by atoms with E-state index in [9.17, 15) is 9.59 Å². The maximum absolute atomic E-state index is 11.2. The van der Waals surface area contributed by atoms with Crippen molar-refractivity contribution in [3.63, 3.8) is 0 Å². The van der Waals surface area contributed by atoms with Gasteiger partial charge in [0.2, 0.25) is 5.91 Å². The van der Waals surface area contributed by atoms with Gasteiger partial charge in [-0.05, 0) is 7.05 Å². The van der Waals surface area contributed by atoms with Crippen molar-refractivity contribution in [3.05, 3.63) is 0 Å². The lowest BCUT2D eigenvalue weighted by molar-refractivity contribution is -0.117. The zero-order valence-corrected chi connectivity index (χ0v) is 9.92. The number of urea groups is 1. The minimum Gasteiger partial charge on any atom is -0.374 e. The van der Waals surface area contributed by atoms with Crippen LogP contribution in [-0.4, -0.2) is 62.1 Å². The van der Waals surface area contributed by atoms with Crippen molar-refractivity contribution in [3.8, 4) is 0 Å². The highest BCUT2D eigenvalue weighted by molar-refractivity contribution is 6.28. The number of hydrogen-bond acceptors (Lipinski definition) is 4. The number of imide groups is 1. The van der Waals surface area contributed by atoms with Gasteiger partial charge in [-0.1, -0.05) is 0 Å². The largest absolute Gasteiger partial charge is 0.374 e. The first-order valence-corrected chi connectivity index (χ1v) is 5.59. The summed E-state index contributed by atoms with van der Waals surface area (Å²) >= 11 is 5.24. The number of rotatable bonds is 3. The van der Waals surface area contributed by atoms with Crippen molar-refractivity contribution in [1.82, 2.24) is 15.5 Å². The SMILES string of the molecule is CN1CCOC(CNC(=O)NC(=O)CCl)C1. The highest BCUT2D eigenvalue weighted by Gasteiger charge is 2.18. The summed E-state index contributed by atoms with van der Waals surface area (Å²) in [6, 6.07) is -0.539. The third kappa shape index (κ3) is 4.78. The summed E-state index contributed by atoms with van der Waals surface area (Å²) in [5.74, 6) is -0.739. The van der Waals surface area contributed by atoms with Crippen LogP contribution in [0.4, 0.5) is 4.79 Å². The quantitative estimate of drug-likeness (QED) is 0.654. The Kier molecular flexibility index (Phi) is 5.51. The average molecular weight is 250 g/mol. The summed E-state index contributed by atoms with van der Waals surface area (Å²) in [7, 11) is 1.99. The van der Waals surface area contributed by atoms with E-state index in [1.54, 1.807) is 0 Å². The van der Waals surface area contributed by atoms with E-state index in [2.05, 4.69) is 15.5 Å². The Morgan fingerprint density at radius 1 is 1.56 bits per heavy atom. The summed E-state index contributed by atoms with van der Waals surface area (Å²) in [6.07, 6.45) is -0.0318. The highest BCUT2D eigenvalue weighted by Crippen LogP contribution is 2.01. The number of nitrogens with zero attached hydrogens (tertiary/aromatic N) is 1. The predicted octanol–water partition coefficient (Wildman–Crippen LogP) is -0.618. The molecule has 2 N–H and O–H groups in total. The molecule has 16 heavy (non-hydrogen) atoms. The van der Waals surface area contributed by atoms with Crippen molar-refractivity contribution in [1.29, 1.82) is 0 Å². The number of carbonyl (C=O) groups is 2. The molecule has 92 valence electrons. The topological polar surface area (TPSA) is 70.7 Å². The number of nitrogens with one attached hydrogen (secondary N) is 2. The molecule has 0 aromatic carbocycles. The molecule has 0 aromatic rings. The van der Waals surface area contributed by atoms with Crippen molar-refractivity contribution >= 4 is 23.5 Å². The van der Waals surface area contributed by atoms with Gasteiger partial charge in [0.1, 0.15) is 5.88 Å². The highest BCUT2D eigenvalue weighted by atomic mass is 35.5. The Hall–Kier alpha value is -0.850. The molecule has 0 aromatic heterocycles. The maximum Gasteiger partial charge on any atom is 0.321 e. The maximum atomic E-state index is 11.2. The van der Waals surface area contributed by atoms with E-state index >= 15 is 0 Å². The molecule has 1 fully saturated rings. The lowest BCUT2D eigenvalue weighted by atomic mass is 10.3. The predicted molar refractivity (Wildman–Crippen MR) is 59.5 cm³/mol. The van der Waals surface area contributed by atoms with Gasteiger partial charge in [-0.2, -0.15) is 0 Å². The number of ether oxygens (including phenoxy) is 1. The molecule has 1 aliphatic rings. The number of morpholine rings is 1. The van der Waals surface area contributed by atoms with Crippen LogP contribution in [0.25, 0.3) is 0 Å². The Morgan fingerprint density at radius 3 is 2.94 bits per heavy atom. The third-order valence-corrected chi connectivity index (χ3v) is 2.45. The first-order valence-electron chi connectivity index (χ1n) is 5.05. The van der Waals surface area contributed by atoms with Crippen molar-refractivity contribution in [2.75, 3.05) is 39.2 Å². The Bertz CT molecular complexity index is 262. The molecule has 1 rings (SSSR count). The average Bonchev–Trinajstić information content (AvgIpc) is 2.26. The van der Waals surface area contributed by atoms with Gasteiger partial charge in [0.15, 0.2) is 0 Å². The first kappa shape index (κ1) is 13.2. The molecule has 0 bridgehead atoms. The molecule has 6 nitrogen and oxygen atoms in total. The van der Waals surface area contributed by atoms with Crippen molar-refractivity contribution in [2.24, 2.45) is 0 Å². The van der Waals surface area contributed by atoms with Gasteiger partial charge < -0.3 is 15.0 Å². The smallest absolute Gasteiger partial charge is 0.321 e. The van der Waals surface area contributed by atoms with E-state index < -0.39 is 11.9 Å².